The van der Waals surface area contributed by atoms with Gasteiger partial charge in [0.25, 0.3) is 0 Å². The molecule has 0 fully saturated rings. The number of ether oxygens (including phenoxy) is 1. The van der Waals surface area contributed by atoms with Crippen molar-refractivity contribution >= 4 is 5.76 Å². The molecule has 1 heterocycles. The molecule has 0 atom stereocenters. The van der Waals surface area contributed by atoms with E-state index in [0.29, 0.717) is 5.76 Å². The lowest BCUT2D eigenvalue weighted by atomic mass is 10.4. The minimum Gasteiger partial charge on any atom is -0.495 e. The second-order valence-electron chi connectivity index (χ2n) is 2.02. The lowest BCUT2D eigenvalue weighted by Gasteiger charge is -2.02. The van der Waals surface area contributed by atoms with E-state index in [2.05, 4.69) is 11.6 Å². The molecule has 0 unspecified atom stereocenters. The van der Waals surface area contributed by atoms with Crippen LogP contribution in [0.25, 0.3) is 5.76 Å². The summed E-state index contributed by atoms with van der Waals surface area (Å²) in [6, 6.07) is 0. The molecule has 0 N–H and O–H groups in total. The average Bonchev–Trinajstić information content (AvgIpc) is 2.34. The highest BCUT2D eigenvalue weighted by Crippen LogP contribution is 2.09. The van der Waals surface area contributed by atoms with Gasteiger partial charge in [-0.3, -0.25) is 0 Å². The van der Waals surface area contributed by atoms with Gasteiger partial charge in [-0.25, -0.2) is 4.98 Å². The molecule has 0 aliphatic carbocycles. The maximum Gasteiger partial charge on any atom is 0.136 e. The van der Waals surface area contributed by atoms with Crippen LogP contribution in [0, 0.1) is 0 Å². The van der Waals surface area contributed by atoms with E-state index in [1.807, 2.05) is 11.6 Å². The molecular weight excluding hydrogens is 128 g/mol. The Hall–Kier alpha value is -1.25. The molecule has 0 bridgehead atoms. The lowest BCUT2D eigenvalue weighted by molar-refractivity contribution is 0.368. The molecule has 1 aromatic heterocycles. The summed E-state index contributed by atoms with van der Waals surface area (Å²) >= 11 is 0. The Labute approximate surface area is 60.0 Å². The zero-order valence-corrected chi connectivity index (χ0v) is 6.16. The fraction of sp³-hybridized carbons (Fsp3) is 0.286. The Balaban J connectivity index is 2.93. The summed E-state index contributed by atoms with van der Waals surface area (Å²) in [5.41, 5.74) is 0.905. The van der Waals surface area contributed by atoms with Gasteiger partial charge in [-0.2, -0.15) is 0 Å². The van der Waals surface area contributed by atoms with Crippen LogP contribution >= 0.6 is 0 Å². The zero-order valence-electron chi connectivity index (χ0n) is 6.16. The number of rotatable bonds is 2. The van der Waals surface area contributed by atoms with Crippen LogP contribution in [0.1, 0.15) is 5.69 Å². The van der Waals surface area contributed by atoms with Crippen LogP contribution in [0.15, 0.2) is 19.1 Å². The standard InChI is InChI=1S/C7H10N2O/c1-6(10-3)7-4-8-5-9(7)2/h4-5H,1H2,2-3H3. The van der Waals surface area contributed by atoms with Crippen molar-refractivity contribution in [1.29, 1.82) is 0 Å². The van der Waals surface area contributed by atoms with Gasteiger partial charge in [0.05, 0.1) is 19.6 Å². The third kappa shape index (κ3) is 1.03. The van der Waals surface area contributed by atoms with E-state index in [1.165, 1.54) is 0 Å². The van der Waals surface area contributed by atoms with Gasteiger partial charge in [0, 0.05) is 7.05 Å². The van der Waals surface area contributed by atoms with Crippen molar-refractivity contribution < 1.29 is 4.74 Å². The molecule has 0 saturated heterocycles. The molecule has 0 amide bonds. The fourth-order valence-electron chi connectivity index (χ4n) is 0.730. The van der Waals surface area contributed by atoms with E-state index in [-0.39, 0.29) is 0 Å². The first-order chi connectivity index (χ1) is 4.75. The highest BCUT2D eigenvalue weighted by Gasteiger charge is 2.00. The van der Waals surface area contributed by atoms with Crippen molar-refractivity contribution in [3.63, 3.8) is 0 Å². The van der Waals surface area contributed by atoms with Crippen molar-refractivity contribution in [2.45, 2.75) is 0 Å². The van der Waals surface area contributed by atoms with E-state index < -0.39 is 0 Å². The topological polar surface area (TPSA) is 27.1 Å². The van der Waals surface area contributed by atoms with Crippen LogP contribution < -0.4 is 0 Å². The van der Waals surface area contributed by atoms with E-state index in [0.717, 1.165) is 5.69 Å². The summed E-state index contributed by atoms with van der Waals surface area (Å²) in [6.07, 6.45) is 3.42. The van der Waals surface area contributed by atoms with E-state index in [4.69, 9.17) is 4.74 Å². The number of nitrogens with zero attached hydrogens (tertiary/aromatic N) is 2. The summed E-state index contributed by atoms with van der Waals surface area (Å²) in [4.78, 5) is 3.91. The van der Waals surface area contributed by atoms with Crippen LogP contribution in [0.4, 0.5) is 0 Å². The maximum atomic E-state index is 4.92. The molecule has 1 rings (SSSR count). The largest absolute Gasteiger partial charge is 0.495 e. The first kappa shape index (κ1) is 6.86. The quantitative estimate of drug-likeness (QED) is 0.571. The van der Waals surface area contributed by atoms with Crippen LogP contribution in [0.3, 0.4) is 0 Å². The van der Waals surface area contributed by atoms with Crippen molar-refractivity contribution in [2.75, 3.05) is 7.11 Å². The summed E-state index contributed by atoms with van der Waals surface area (Å²) in [5, 5.41) is 0. The Bertz CT molecular complexity index is 240. The molecular formula is C7H10N2O. The van der Waals surface area contributed by atoms with Crippen molar-refractivity contribution in [3.8, 4) is 0 Å². The lowest BCUT2D eigenvalue weighted by Crippen LogP contribution is -1.93. The molecule has 0 spiro atoms. The number of hydrogen-bond acceptors (Lipinski definition) is 2. The average molecular weight is 138 g/mol. The predicted molar refractivity (Wildman–Crippen MR) is 39.3 cm³/mol. The van der Waals surface area contributed by atoms with Crippen LogP contribution in [-0.2, 0) is 11.8 Å². The third-order valence-corrected chi connectivity index (χ3v) is 1.35. The first-order valence-corrected chi connectivity index (χ1v) is 2.95. The van der Waals surface area contributed by atoms with Gasteiger partial charge in [-0.15, -0.1) is 0 Å². The number of aromatic nitrogens is 2. The Morgan fingerprint density at radius 1 is 1.80 bits per heavy atom. The molecule has 0 radical (unpaired) electrons. The van der Waals surface area contributed by atoms with Crippen molar-refractivity contribution in [1.82, 2.24) is 9.55 Å². The summed E-state index contributed by atoms with van der Waals surface area (Å²) in [5.74, 6) is 0.639. The van der Waals surface area contributed by atoms with E-state index in [9.17, 15) is 0 Å². The second kappa shape index (κ2) is 2.56. The smallest absolute Gasteiger partial charge is 0.136 e. The molecule has 10 heavy (non-hydrogen) atoms. The first-order valence-electron chi connectivity index (χ1n) is 2.95. The molecule has 0 saturated carbocycles. The highest BCUT2D eigenvalue weighted by molar-refractivity contribution is 5.52. The number of aryl methyl sites for hydroxylation is 1. The highest BCUT2D eigenvalue weighted by atomic mass is 16.5. The molecule has 0 aromatic carbocycles. The van der Waals surface area contributed by atoms with Crippen LogP contribution in [0.2, 0.25) is 0 Å². The molecule has 0 aliphatic heterocycles. The SMILES string of the molecule is C=C(OC)c1cncn1C. The third-order valence-electron chi connectivity index (χ3n) is 1.35. The predicted octanol–water partition coefficient (Wildman–Crippen LogP) is 1.04. The Morgan fingerprint density at radius 3 is 2.90 bits per heavy atom. The van der Waals surface area contributed by atoms with Gasteiger partial charge in [0.2, 0.25) is 0 Å². The van der Waals surface area contributed by atoms with Gasteiger partial charge in [-0.05, 0) is 0 Å². The van der Waals surface area contributed by atoms with Crippen LogP contribution in [-0.4, -0.2) is 16.7 Å². The minimum absolute atomic E-state index is 0.639. The minimum atomic E-state index is 0.639. The maximum absolute atomic E-state index is 4.92. The van der Waals surface area contributed by atoms with Gasteiger partial charge in [-0.1, -0.05) is 6.58 Å². The fourth-order valence-corrected chi connectivity index (χ4v) is 0.730. The summed E-state index contributed by atoms with van der Waals surface area (Å²) < 4.78 is 6.77. The molecule has 3 nitrogen and oxygen atoms in total. The van der Waals surface area contributed by atoms with E-state index >= 15 is 0 Å². The molecule has 0 aliphatic rings. The van der Waals surface area contributed by atoms with Gasteiger partial charge < -0.3 is 9.30 Å². The second-order valence-corrected chi connectivity index (χ2v) is 2.02. The zero-order chi connectivity index (χ0) is 7.56. The monoisotopic (exact) mass is 138 g/mol. The normalized spacial score (nSPS) is 9.40. The molecule has 3 heteroatoms. The van der Waals surface area contributed by atoms with Crippen LogP contribution in [0.5, 0.6) is 0 Å². The van der Waals surface area contributed by atoms with Gasteiger partial charge in [0.1, 0.15) is 11.5 Å². The number of methoxy groups -OCH3 is 1. The van der Waals surface area contributed by atoms with Crippen molar-refractivity contribution in [2.24, 2.45) is 7.05 Å². The molecule has 1 aromatic rings. The summed E-state index contributed by atoms with van der Waals surface area (Å²) in [6.45, 7) is 3.69. The number of hydrogen-bond donors (Lipinski definition) is 0. The number of imidazole rings is 1. The molecule has 54 valence electrons. The van der Waals surface area contributed by atoms with Gasteiger partial charge >= 0.3 is 0 Å². The summed E-state index contributed by atoms with van der Waals surface area (Å²) in [7, 11) is 3.49. The Morgan fingerprint density at radius 2 is 2.50 bits per heavy atom. The van der Waals surface area contributed by atoms with Crippen molar-refractivity contribution in [3.05, 3.63) is 24.8 Å². The van der Waals surface area contributed by atoms with E-state index in [1.54, 1.807) is 19.6 Å². The Kier molecular flexibility index (Phi) is 1.76. The van der Waals surface area contributed by atoms with Gasteiger partial charge in [0.15, 0.2) is 0 Å².